The van der Waals surface area contributed by atoms with E-state index in [9.17, 15) is 4.79 Å². The molecule has 0 atom stereocenters. The molecule has 3 N–H and O–H groups in total. The van der Waals surface area contributed by atoms with Gasteiger partial charge in [0.1, 0.15) is 11.2 Å². The SMILES string of the molecule is NC(=O)c1cc(C[CH]c2nnn[nH]2)cc2oc3ccccc3c12. The standard InChI is InChI=1S/C16H12N5O2/c17-16(22)11-7-9(5-6-14-18-20-21-19-14)8-13-15(11)10-3-1-2-4-12(10)23-13/h1-4,6-8H,5H2,(H2,17,22)(H,18,19,20,21). The number of aromatic amines is 1. The van der Waals surface area contributed by atoms with Crippen LogP contribution in [0.4, 0.5) is 0 Å². The minimum atomic E-state index is -0.482. The van der Waals surface area contributed by atoms with Gasteiger partial charge in [-0.05, 0) is 40.6 Å². The van der Waals surface area contributed by atoms with Gasteiger partial charge in [-0.2, -0.15) is 0 Å². The fourth-order valence-electron chi connectivity index (χ4n) is 2.69. The molecule has 0 bridgehead atoms. The van der Waals surface area contributed by atoms with Gasteiger partial charge in [-0.1, -0.05) is 18.2 Å². The summed E-state index contributed by atoms with van der Waals surface area (Å²) in [6, 6.07) is 11.3. The van der Waals surface area contributed by atoms with Gasteiger partial charge in [-0.3, -0.25) is 4.79 Å². The first-order chi connectivity index (χ1) is 11.2. The summed E-state index contributed by atoms with van der Waals surface area (Å²) in [6.07, 6.45) is 2.37. The van der Waals surface area contributed by atoms with Crippen LogP contribution < -0.4 is 5.73 Å². The molecule has 4 aromatic rings. The molecule has 0 fully saturated rings. The maximum atomic E-state index is 11.9. The number of nitrogens with two attached hydrogens (primary N) is 1. The van der Waals surface area contributed by atoms with Crippen LogP contribution in [0.1, 0.15) is 21.7 Å². The number of fused-ring (bicyclic) bond motifs is 3. The van der Waals surface area contributed by atoms with Crippen LogP contribution in [-0.2, 0) is 6.42 Å². The monoisotopic (exact) mass is 306 g/mol. The summed E-state index contributed by atoms with van der Waals surface area (Å²) >= 11 is 0. The number of carbonyl (C=O) groups excluding carboxylic acids is 1. The van der Waals surface area contributed by atoms with Gasteiger partial charge in [0.15, 0.2) is 5.82 Å². The number of hydrogen-bond donors (Lipinski definition) is 2. The van der Waals surface area contributed by atoms with Gasteiger partial charge in [0.05, 0.1) is 5.56 Å². The van der Waals surface area contributed by atoms with Crippen molar-refractivity contribution in [1.82, 2.24) is 20.6 Å². The minimum Gasteiger partial charge on any atom is -0.456 e. The second kappa shape index (κ2) is 5.20. The van der Waals surface area contributed by atoms with Gasteiger partial charge in [0.25, 0.3) is 0 Å². The lowest BCUT2D eigenvalue weighted by Gasteiger charge is -2.04. The summed E-state index contributed by atoms with van der Waals surface area (Å²) < 4.78 is 5.85. The van der Waals surface area contributed by atoms with E-state index in [1.54, 1.807) is 6.07 Å². The maximum absolute atomic E-state index is 11.9. The number of tetrazole rings is 1. The molecule has 2 aromatic heterocycles. The highest BCUT2D eigenvalue weighted by Crippen LogP contribution is 2.32. The number of carbonyl (C=O) groups is 1. The van der Waals surface area contributed by atoms with Gasteiger partial charge in [0, 0.05) is 17.2 Å². The van der Waals surface area contributed by atoms with Crippen LogP contribution in [0.3, 0.4) is 0 Å². The van der Waals surface area contributed by atoms with E-state index in [-0.39, 0.29) is 0 Å². The number of rotatable bonds is 4. The fourth-order valence-corrected chi connectivity index (χ4v) is 2.69. The summed E-state index contributed by atoms with van der Waals surface area (Å²) in [5, 5.41) is 15.1. The number of nitrogens with zero attached hydrogens (tertiary/aromatic N) is 3. The van der Waals surface area contributed by atoms with Crippen molar-refractivity contribution >= 4 is 27.8 Å². The summed E-state index contributed by atoms with van der Waals surface area (Å²) in [4.78, 5) is 11.9. The Morgan fingerprint density at radius 3 is 2.91 bits per heavy atom. The minimum absolute atomic E-state index is 0.451. The smallest absolute Gasteiger partial charge is 0.249 e. The van der Waals surface area contributed by atoms with Crippen molar-refractivity contribution in [1.29, 1.82) is 0 Å². The Kier molecular flexibility index (Phi) is 3.04. The molecule has 0 aliphatic carbocycles. The third-order valence-corrected chi connectivity index (χ3v) is 3.70. The zero-order valence-electron chi connectivity index (χ0n) is 12.0. The first-order valence-electron chi connectivity index (χ1n) is 7.03. The third kappa shape index (κ3) is 2.32. The Morgan fingerprint density at radius 1 is 1.26 bits per heavy atom. The average Bonchev–Trinajstić information content (AvgIpc) is 3.19. The number of nitrogens with one attached hydrogen (secondary N) is 1. The largest absolute Gasteiger partial charge is 0.456 e. The van der Waals surface area contributed by atoms with E-state index in [1.807, 2.05) is 36.8 Å². The van der Waals surface area contributed by atoms with E-state index < -0.39 is 5.91 Å². The first kappa shape index (κ1) is 13.4. The Hall–Kier alpha value is -3.22. The molecule has 0 unspecified atom stereocenters. The molecule has 4 rings (SSSR count). The highest BCUT2D eigenvalue weighted by molar-refractivity contribution is 6.16. The van der Waals surface area contributed by atoms with Crippen LogP contribution in [0.2, 0.25) is 0 Å². The quantitative estimate of drug-likeness (QED) is 0.599. The number of aromatic nitrogens is 4. The molecule has 0 spiro atoms. The second-order valence-electron chi connectivity index (χ2n) is 5.17. The Bertz CT molecular complexity index is 1000. The van der Waals surface area contributed by atoms with E-state index in [0.29, 0.717) is 23.4 Å². The number of hydrogen-bond acceptors (Lipinski definition) is 5. The molecular weight excluding hydrogens is 294 g/mol. The van der Waals surface area contributed by atoms with Gasteiger partial charge < -0.3 is 10.2 Å². The fraction of sp³-hybridized carbons (Fsp3) is 0.0625. The van der Waals surface area contributed by atoms with E-state index in [4.69, 9.17) is 10.2 Å². The van der Waals surface area contributed by atoms with E-state index in [1.165, 1.54) is 0 Å². The molecule has 0 saturated carbocycles. The van der Waals surface area contributed by atoms with Crippen LogP contribution >= 0.6 is 0 Å². The van der Waals surface area contributed by atoms with Gasteiger partial charge >= 0.3 is 0 Å². The molecular formula is C16H12N5O2. The zero-order valence-corrected chi connectivity index (χ0v) is 12.0. The maximum Gasteiger partial charge on any atom is 0.249 e. The van der Waals surface area contributed by atoms with Crippen LogP contribution in [0.15, 0.2) is 40.8 Å². The average molecular weight is 306 g/mol. The highest BCUT2D eigenvalue weighted by atomic mass is 16.3. The zero-order chi connectivity index (χ0) is 15.8. The molecule has 113 valence electrons. The molecule has 7 heteroatoms. The molecule has 2 aromatic carbocycles. The molecule has 0 aliphatic rings. The van der Waals surface area contributed by atoms with Crippen molar-refractivity contribution in [3.05, 3.63) is 59.8 Å². The van der Waals surface area contributed by atoms with Crippen molar-refractivity contribution in [2.24, 2.45) is 5.73 Å². The normalized spacial score (nSPS) is 11.3. The number of primary amides is 1. The molecule has 7 nitrogen and oxygen atoms in total. The molecule has 1 radical (unpaired) electrons. The summed E-state index contributed by atoms with van der Waals surface area (Å²) in [6.45, 7) is 0. The van der Waals surface area contributed by atoms with E-state index in [0.717, 1.165) is 21.9 Å². The molecule has 2 heterocycles. The number of amides is 1. The van der Waals surface area contributed by atoms with Crippen molar-refractivity contribution < 1.29 is 9.21 Å². The highest BCUT2D eigenvalue weighted by Gasteiger charge is 2.16. The number of benzene rings is 2. The lowest BCUT2D eigenvalue weighted by molar-refractivity contribution is 0.100. The van der Waals surface area contributed by atoms with Gasteiger partial charge in [-0.15, -0.1) is 5.10 Å². The van der Waals surface area contributed by atoms with Crippen LogP contribution in [0.25, 0.3) is 21.9 Å². The summed E-state index contributed by atoms with van der Waals surface area (Å²) in [5.41, 5.74) is 8.27. The van der Waals surface area contributed by atoms with Crippen molar-refractivity contribution in [2.75, 3.05) is 0 Å². The second-order valence-corrected chi connectivity index (χ2v) is 5.17. The molecule has 0 aliphatic heterocycles. The van der Waals surface area contributed by atoms with Crippen LogP contribution in [0, 0.1) is 6.42 Å². The Labute approximate surface area is 130 Å². The van der Waals surface area contributed by atoms with Crippen molar-refractivity contribution in [2.45, 2.75) is 6.42 Å². The number of para-hydroxylation sites is 1. The van der Waals surface area contributed by atoms with Gasteiger partial charge in [-0.25, -0.2) is 5.10 Å². The Morgan fingerprint density at radius 2 is 2.13 bits per heavy atom. The third-order valence-electron chi connectivity index (χ3n) is 3.70. The predicted octanol–water partition coefficient (Wildman–Crippen LogP) is 1.99. The number of furan rings is 1. The first-order valence-corrected chi connectivity index (χ1v) is 7.03. The Balaban J connectivity index is 1.83. The van der Waals surface area contributed by atoms with Gasteiger partial charge in [0.2, 0.25) is 5.91 Å². The van der Waals surface area contributed by atoms with Crippen LogP contribution in [-0.4, -0.2) is 26.5 Å². The number of H-pyrrole nitrogens is 1. The van der Waals surface area contributed by atoms with E-state index in [2.05, 4.69) is 20.6 Å². The van der Waals surface area contributed by atoms with Crippen LogP contribution in [0.5, 0.6) is 0 Å². The molecule has 1 amide bonds. The van der Waals surface area contributed by atoms with Crippen molar-refractivity contribution in [3.63, 3.8) is 0 Å². The molecule has 0 saturated heterocycles. The lowest BCUT2D eigenvalue weighted by atomic mass is 10.00. The molecule has 23 heavy (non-hydrogen) atoms. The lowest BCUT2D eigenvalue weighted by Crippen LogP contribution is -2.11. The van der Waals surface area contributed by atoms with Crippen molar-refractivity contribution in [3.8, 4) is 0 Å². The summed E-state index contributed by atoms with van der Waals surface area (Å²) in [5.74, 6) is 0.0834. The summed E-state index contributed by atoms with van der Waals surface area (Å²) in [7, 11) is 0. The van der Waals surface area contributed by atoms with E-state index >= 15 is 0 Å². The predicted molar refractivity (Wildman–Crippen MR) is 83.5 cm³/mol. The topological polar surface area (TPSA) is 111 Å².